The Kier molecular flexibility index (Phi) is 3.12. The van der Waals surface area contributed by atoms with E-state index in [2.05, 4.69) is 4.98 Å². The quantitative estimate of drug-likeness (QED) is 0.769. The molecule has 0 aromatic carbocycles. The number of hydrogen-bond acceptors (Lipinski definition) is 4. The molecule has 15 heavy (non-hydrogen) atoms. The Morgan fingerprint density at radius 2 is 2.00 bits per heavy atom. The Morgan fingerprint density at radius 3 is 2.40 bits per heavy atom. The molecule has 1 heterocycles. The van der Waals surface area contributed by atoms with Gasteiger partial charge in [-0.15, -0.1) is 0 Å². The normalized spacial score (nSPS) is 12.1. The van der Waals surface area contributed by atoms with E-state index in [1.807, 2.05) is 0 Å². The number of halogens is 3. The van der Waals surface area contributed by atoms with Crippen LogP contribution in [0.3, 0.4) is 0 Å². The Bertz CT molecular complexity index is 491. The summed E-state index contributed by atoms with van der Waals surface area (Å²) >= 11 is 5.36. The zero-order valence-electron chi connectivity index (χ0n) is 7.12. The maximum absolute atomic E-state index is 12.4. The van der Waals surface area contributed by atoms with Crippen LogP contribution >= 0.6 is 11.6 Å². The SMILES string of the molecule is Nc1cc(Cl)nc(C(F)F)c1S(N)(=O)=O. The number of anilines is 1. The van der Waals surface area contributed by atoms with Crippen LogP contribution in [0, 0.1) is 0 Å². The number of alkyl halides is 2. The molecule has 0 aliphatic carbocycles. The molecule has 0 saturated heterocycles. The predicted molar refractivity (Wildman–Crippen MR) is 50.0 cm³/mol. The van der Waals surface area contributed by atoms with Crippen LogP contribution in [0.25, 0.3) is 0 Å². The molecular weight excluding hydrogens is 252 g/mol. The molecule has 0 aliphatic heterocycles. The standard InChI is InChI=1S/C6H6ClF2N3O2S/c7-3-1-2(10)5(15(11,13)14)4(12-3)6(8)9/h1,6H,(H2,10,12)(H2,11,13,14). The van der Waals surface area contributed by atoms with Gasteiger partial charge < -0.3 is 5.73 Å². The van der Waals surface area contributed by atoms with E-state index in [1.54, 1.807) is 0 Å². The number of nitrogen functional groups attached to an aromatic ring is 1. The number of primary sulfonamides is 1. The van der Waals surface area contributed by atoms with Crippen molar-refractivity contribution >= 4 is 27.3 Å². The highest BCUT2D eigenvalue weighted by atomic mass is 35.5. The lowest BCUT2D eigenvalue weighted by Gasteiger charge is -2.09. The minimum Gasteiger partial charge on any atom is -0.397 e. The van der Waals surface area contributed by atoms with Gasteiger partial charge in [-0.25, -0.2) is 27.3 Å². The first-order valence-electron chi connectivity index (χ1n) is 3.50. The van der Waals surface area contributed by atoms with Crippen LogP contribution in [0.5, 0.6) is 0 Å². The Labute approximate surface area is 89.1 Å². The molecule has 0 amide bonds. The summed E-state index contributed by atoms with van der Waals surface area (Å²) in [7, 11) is -4.35. The minimum atomic E-state index is -4.35. The molecule has 0 bridgehead atoms. The van der Waals surface area contributed by atoms with Crippen LogP contribution in [0.15, 0.2) is 11.0 Å². The van der Waals surface area contributed by atoms with Gasteiger partial charge in [-0.05, 0) is 6.07 Å². The summed E-state index contributed by atoms with van der Waals surface area (Å²) in [6.07, 6.45) is -3.13. The van der Waals surface area contributed by atoms with Crippen molar-refractivity contribution in [1.29, 1.82) is 0 Å². The monoisotopic (exact) mass is 257 g/mol. The second-order valence-corrected chi connectivity index (χ2v) is 4.48. The first-order chi connectivity index (χ1) is 6.73. The minimum absolute atomic E-state index is 0.324. The zero-order chi connectivity index (χ0) is 11.8. The molecule has 1 aromatic heterocycles. The van der Waals surface area contributed by atoms with Gasteiger partial charge in [0.15, 0.2) is 0 Å². The highest BCUT2D eigenvalue weighted by Gasteiger charge is 2.25. The third-order valence-electron chi connectivity index (χ3n) is 1.49. The van der Waals surface area contributed by atoms with Crippen LogP contribution < -0.4 is 10.9 Å². The molecule has 9 heteroatoms. The fraction of sp³-hybridized carbons (Fsp3) is 0.167. The molecule has 0 fully saturated rings. The zero-order valence-corrected chi connectivity index (χ0v) is 8.69. The van der Waals surface area contributed by atoms with Crippen molar-refractivity contribution in [1.82, 2.24) is 4.98 Å². The van der Waals surface area contributed by atoms with Gasteiger partial charge >= 0.3 is 0 Å². The second-order valence-electron chi connectivity index (χ2n) is 2.59. The maximum atomic E-state index is 12.4. The van der Waals surface area contributed by atoms with E-state index in [4.69, 9.17) is 22.5 Å². The molecule has 1 aromatic rings. The molecule has 0 spiro atoms. The summed E-state index contributed by atoms with van der Waals surface area (Å²) in [6, 6.07) is 0.938. The van der Waals surface area contributed by atoms with E-state index in [9.17, 15) is 17.2 Å². The van der Waals surface area contributed by atoms with Gasteiger partial charge in [0.05, 0.1) is 5.69 Å². The number of nitrogens with zero attached hydrogens (tertiary/aromatic N) is 1. The summed E-state index contributed by atoms with van der Waals surface area (Å²) in [6.45, 7) is 0. The molecule has 0 saturated carbocycles. The Balaban J connectivity index is 3.62. The fourth-order valence-corrected chi connectivity index (χ4v) is 2.02. The number of aromatic nitrogens is 1. The summed E-state index contributed by atoms with van der Waals surface area (Å²) in [5.74, 6) is 0. The highest BCUT2D eigenvalue weighted by Crippen LogP contribution is 2.30. The van der Waals surface area contributed by atoms with Crippen molar-refractivity contribution < 1.29 is 17.2 Å². The van der Waals surface area contributed by atoms with Crippen molar-refractivity contribution in [2.45, 2.75) is 11.3 Å². The van der Waals surface area contributed by atoms with Gasteiger partial charge in [-0.1, -0.05) is 11.6 Å². The third kappa shape index (κ3) is 2.52. The Hall–Kier alpha value is -0.990. The lowest BCUT2D eigenvalue weighted by atomic mass is 10.3. The molecule has 84 valence electrons. The summed E-state index contributed by atoms with van der Waals surface area (Å²) in [5, 5.41) is 4.40. The van der Waals surface area contributed by atoms with Gasteiger partial charge in [0.25, 0.3) is 6.43 Å². The number of pyridine rings is 1. The number of sulfonamides is 1. The van der Waals surface area contributed by atoms with Crippen molar-refractivity contribution in [3.05, 3.63) is 16.9 Å². The van der Waals surface area contributed by atoms with Crippen molar-refractivity contribution in [2.75, 3.05) is 5.73 Å². The smallest absolute Gasteiger partial charge is 0.281 e. The van der Waals surface area contributed by atoms with Crippen LogP contribution in [0.2, 0.25) is 5.15 Å². The van der Waals surface area contributed by atoms with E-state index in [0.29, 0.717) is 0 Å². The molecule has 4 N–H and O–H groups in total. The van der Waals surface area contributed by atoms with Crippen molar-refractivity contribution in [3.63, 3.8) is 0 Å². The predicted octanol–water partition coefficient (Wildman–Crippen LogP) is 0.902. The molecule has 5 nitrogen and oxygen atoms in total. The molecule has 0 atom stereocenters. The number of rotatable bonds is 2. The van der Waals surface area contributed by atoms with Gasteiger partial charge in [0, 0.05) is 0 Å². The molecule has 0 aliphatic rings. The molecule has 0 unspecified atom stereocenters. The van der Waals surface area contributed by atoms with E-state index in [1.165, 1.54) is 0 Å². The van der Waals surface area contributed by atoms with Crippen LogP contribution in [-0.2, 0) is 10.0 Å². The average Bonchev–Trinajstić information content (AvgIpc) is 1.99. The molecular formula is C6H6ClF2N3O2S. The van der Waals surface area contributed by atoms with Gasteiger partial charge in [-0.3, -0.25) is 0 Å². The summed E-state index contributed by atoms with van der Waals surface area (Å²) in [5.41, 5.74) is 3.74. The molecule has 0 radical (unpaired) electrons. The lowest BCUT2D eigenvalue weighted by molar-refractivity contribution is 0.142. The van der Waals surface area contributed by atoms with Crippen molar-refractivity contribution in [2.24, 2.45) is 5.14 Å². The van der Waals surface area contributed by atoms with E-state index in [0.717, 1.165) is 6.07 Å². The van der Waals surface area contributed by atoms with Crippen LogP contribution in [0.4, 0.5) is 14.5 Å². The van der Waals surface area contributed by atoms with E-state index >= 15 is 0 Å². The number of nitrogens with two attached hydrogens (primary N) is 2. The first kappa shape index (κ1) is 12.1. The summed E-state index contributed by atoms with van der Waals surface area (Å²) < 4.78 is 46.8. The molecule has 1 rings (SSSR count). The van der Waals surface area contributed by atoms with Gasteiger partial charge in [0.2, 0.25) is 10.0 Å². The average molecular weight is 258 g/mol. The lowest BCUT2D eigenvalue weighted by Crippen LogP contribution is -2.18. The topological polar surface area (TPSA) is 99.1 Å². The number of hydrogen-bond donors (Lipinski definition) is 2. The summed E-state index contributed by atoms with van der Waals surface area (Å²) in [4.78, 5) is 2.29. The fourth-order valence-electron chi connectivity index (χ4n) is 0.998. The largest absolute Gasteiger partial charge is 0.397 e. The second kappa shape index (κ2) is 3.87. The van der Waals surface area contributed by atoms with E-state index < -0.39 is 32.7 Å². The van der Waals surface area contributed by atoms with Gasteiger partial charge in [-0.2, -0.15) is 0 Å². The van der Waals surface area contributed by atoms with Crippen LogP contribution in [0.1, 0.15) is 12.1 Å². The van der Waals surface area contributed by atoms with E-state index in [-0.39, 0.29) is 5.15 Å². The van der Waals surface area contributed by atoms with Crippen LogP contribution in [-0.4, -0.2) is 13.4 Å². The highest BCUT2D eigenvalue weighted by molar-refractivity contribution is 7.89. The third-order valence-corrected chi connectivity index (χ3v) is 2.70. The van der Waals surface area contributed by atoms with Crippen molar-refractivity contribution in [3.8, 4) is 0 Å². The Morgan fingerprint density at radius 1 is 1.47 bits per heavy atom. The maximum Gasteiger partial charge on any atom is 0.281 e. The first-order valence-corrected chi connectivity index (χ1v) is 5.42. The van der Waals surface area contributed by atoms with Gasteiger partial charge in [0.1, 0.15) is 15.7 Å².